The highest BCUT2D eigenvalue weighted by atomic mass is 35.5. The molecule has 0 unspecified atom stereocenters. The molecule has 0 saturated heterocycles. The van der Waals surface area contributed by atoms with Crippen molar-refractivity contribution in [2.45, 2.75) is 9.79 Å². The summed E-state index contributed by atoms with van der Waals surface area (Å²) in [4.78, 5) is 20.3. The van der Waals surface area contributed by atoms with Gasteiger partial charge in [0.2, 0.25) is 5.82 Å². The number of hydrogen-bond acceptors (Lipinski definition) is 5. The Labute approximate surface area is 215 Å². The van der Waals surface area contributed by atoms with Gasteiger partial charge >= 0.3 is 0 Å². The first kappa shape index (κ1) is 22.3. The van der Waals surface area contributed by atoms with Gasteiger partial charge in [-0.1, -0.05) is 71.9 Å². The molecule has 0 N–H and O–H groups in total. The third-order valence-corrected chi connectivity index (χ3v) is 7.02. The summed E-state index contributed by atoms with van der Waals surface area (Å²) in [7, 11) is 0. The second kappa shape index (κ2) is 9.49. The zero-order chi connectivity index (χ0) is 24.5. The molecule has 0 spiro atoms. The molecule has 0 radical (unpaired) electrons. The van der Waals surface area contributed by atoms with Crippen LogP contribution < -0.4 is 5.56 Å². The van der Waals surface area contributed by atoms with Gasteiger partial charge in [-0.3, -0.25) is 4.79 Å². The summed E-state index contributed by atoms with van der Waals surface area (Å²) < 4.78 is 7.36. The van der Waals surface area contributed by atoms with Gasteiger partial charge in [0.15, 0.2) is 5.76 Å². The molecule has 0 aliphatic heterocycles. The van der Waals surface area contributed by atoms with Crippen LogP contribution in [0.15, 0.2) is 127 Å². The fraction of sp³-hybridized carbons (Fsp3) is 0. The number of nitrogens with zero attached hydrogens (tertiary/aromatic N) is 3. The van der Waals surface area contributed by atoms with Crippen molar-refractivity contribution in [3.8, 4) is 11.6 Å². The Morgan fingerprint density at radius 1 is 0.889 bits per heavy atom. The van der Waals surface area contributed by atoms with E-state index in [1.165, 1.54) is 4.68 Å². The first-order chi connectivity index (χ1) is 17.7. The molecule has 6 rings (SSSR count). The Bertz CT molecular complexity index is 1770. The lowest BCUT2D eigenvalue weighted by Gasteiger charge is -2.08. The van der Waals surface area contributed by atoms with Gasteiger partial charge in [0.1, 0.15) is 5.58 Å². The molecule has 4 aromatic carbocycles. The van der Waals surface area contributed by atoms with Crippen LogP contribution in [0.4, 0.5) is 0 Å². The van der Waals surface area contributed by atoms with Crippen molar-refractivity contribution >= 4 is 51.4 Å². The quantitative estimate of drug-likeness (QED) is 0.227. The molecule has 0 amide bonds. The number of benzene rings is 4. The van der Waals surface area contributed by atoms with Crippen molar-refractivity contribution in [1.82, 2.24) is 9.66 Å². The van der Waals surface area contributed by atoms with E-state index >= 15 is 0 Å². The summed E-state index contributed by atoms with van der Waals surface area (Å²) in [6, 6.07) is 32.4. The van der Waals surface area contributed by atoms with Crippen LogP contribution in [0, 0.1) is 0 Å². The highest BCUT2D eigenvalue weighted by Gasteiger charge is 2.16. The minimum absolute atomic E-state index is 0.268. The lowest BCUT2D eigenvalue weighted by atomic mass is 10.2. The van der Waals surface area contributed by atoms with E-state index in [-0.39, 0.29) is 5.56 Å². The van der Waals surface area contributed by atoms with Gasteiger partial charge in [0.05, 0.1) is 17.1 Å². The smallest absolute Gasteiger partial charge is 0.282 e. The predicted octanol–water partition coefficient (Wildman–Crippen LogP) is 7.50. The molecular formula is C29H18ClN3O2S. The summed E-state index contributed by atoms with van der Waals surface area (Å²) in [6.07, 6.45) is 1.68. The summed E-state index contributed by atoms with van der Waals surface area (Å²) in [5.74, 6) is 0.814. The summed E-state index contributed by atoms with van der Waals surface area (Å²) in [6.45, 7) is 0. The SMILES string of the molecule is O=c1c2ccccc2nc(-c2cc3ccccc3o2)n1N=Cc1ccccc1Sc1ccc(Cl)cc1. The molecule has 6 aromatic rings. The van der Waals surface area contributed by atoms with Crippen molar-refractivity contribution in [3.05, 3.63) is 124 Å². The van der Waals surface area contributed by atoms with Crippen LogP contribution >= 0.6 is 23.4 Å². The van der Waals surface area contributed by atoms with Crippen LogP contribution in [0.3, 0.4) is 0 Å². The van der Waals surface area contributed by atoms with Gasteiger partial charge in [-0.25, -0.2) is 4.98 Å². The van der Waals surface area contributed by atoms with Crippen LogP contribution in [-0.2, 0) is 0 Å². The number of furan rings is 1. The molecule has 0 aliphatic carbocycles. The average molecular weight is 508 g/mol. The molecule has 2 aromatic heterocycles. The number of aromatic nitrogens is 2. The van der Waals surface area contributed by atoms with E-state index in [2.05, 4.69) is 5.10 Å². The standard InChI is InChI=1S/C29H18ClN3O2S/c30-21-13-15-22(16-14-21)36-27-12-6-2-8-20(27)18-31-33-28(26-17-19-7-1-5-11-25(19)35-26)32-24-10-4-3-9-23(24)29(33)34/h1-18H. The van der Waals surface area contributed by atoms with Crippen molar-refractivity contribution in [1.29, 1.82) is 0 Å². The van der Waals surface area contributed by atoms with Crippen LogP contribution in [-0.4, -0.2) is 15.9 Å². The second-order valence-electron chi connectivity index (χ2n) is 8.06. The van der Waals surface area contributed by atoms with Gasteiger partial charge in [-0.05, 0) is 54.6 Å². The zero-order valence-electron chi connectivity index (χ0n) is 18.8. The third kappa shape index (κ3) is 4.33. The Hall–Kier alpha value is -4.13. The van der Waals surface area contributed by atoms with E-state index in [1.54, 1.807) is 24.0 Å². The first-order valence-corrected chi connectivity index (χ1v) is 12.4. The van der Waals surface area contributed by atoms with Crippen molar-refractivity contribution < 1.29 is 4.42 Å². The highest BCUT2D eigenvalue weighted by Crippen LogP contribution is 2.31. The average Bonchev–Trinajstić information content (AvgIpc) is 3.34. The van der Waals surface area contributed by atoms with Crippen molar-refractivity contribution in [2.75, 3.05) is 0 Å². The Morgan fingerprint density at radius 3 is 2.50 bits per heavy atom. The van der Waals surface area contributed by atoms with E-state index in [1.807, 2.05) is 97.1 Å². The largest absolute Gasteiger partial charge is 0.453 e. The van der Waals surface area contributed by atoms with E-state index in [0.717, 1.165) is 26.3 Å². The molecule has 174 valence electrons. The molecule has 2 heterocycles. The van der Waals surface area contributed by atoms with Gasteiger partial charge < -0.3 is 4.42 Å². The summed E-state index contributed by atoms with van der Waals surface area (Å²) in [5, 5.41) is 6.71. The maximum atomic E-state index is 13.5. The van der Waals surface area contributed by atoms with E-state index in [4.69, 9.17) is 21.0 Å². The van der Waals surface area contributed by atoms with Crippen molar-refractivity contribution in [2.24, 2.45) is 5.10 Å². The number of rotatable bonds is 5. The molecule has 7 heteroatoms. The van der Waals surface area contributed by atoms with E-state index in [9.17, 15) is 4.79 Å². The van der Waals surface area contributed by atoms with Crippen LogP contribution in [0.1, 0.15) is 5.56 Å². The minimum Gasteiger partial charge on any atom is -0.453 e. The number of halogens is 1. The normalized spacial score (nSPS) is 11.6. The molecule has 0 bridgehead atoms. The molecule has 0 atom stereocenters. The van der Waals surface area contributed by atoms with Gasteiger partial charge in [0.25, 0.3) is 5.56 Å². The predicted molar refractivity (Wildman–Crippen MR) is 146 cm³/mol. The van der Waals surface area contributed by atoms with Gasteiger partial charge in [-0.2, -0.15) is 9.78 Å². The topological polar surface area (TPSA) is 60.4 Å². The third-order valence-electron chi connectivity index (χ3n) is 5.67. The van der Waals surface area contributed by atoms with E-state index < -0.39 is 0 Å². The Morgan fingerprint density at radius 2 is 1.64 bits per heavy atom. The maximum Gasteiger partial charge on any atom is 0.282 e. The van der Waals surface area contributed by atoms with Crippen molar-refractivity contribution in [3.63, 3.8) is 0 Å². The van der Waals surface area contributed by atoms with Gasteiger partial charge in [-0.15, -0.1) is 0 Å². The maximum absolute atomic E-state index is 13.5. The molecule has 0 aliphatic rings. The minimum atomic E-state index is -0.268. The highest BCUT2D eigenvalue weighted by molar-refractivity contribution is 7.99. The Kier molecular flexibility index (Phi) is 5.89. The number of hydrogen-bond donors (Lipinski definition) is 0. The molecule has 36 heavy (non-hydrogen) atoms. The monoisotopic (exact) mass is 507 g/mol. The van der Waals surface area contributed by atoms with E-state index in [0.29, 0.717) is 27.5 Å². The lowest BCUT2D eigenvalue weighted by Crippen LogP contribution is -2.20. The zero-order valence-corrected chi connectivity index (χ0v) is 20.4. The van der Waals surface area contributed by atoms with Crippen LogP contribution in [0.5, 0.6) is 0 Å². The first-order valence-electron chi connectivity index (χ1n) is 11.2. The molecule has 0 saturated carbocycles. The van der Waals surface area contributed by atoms with Gasteiger partial charge in [0, 0.05) is 25.8 Å². The second-order valence-corrected chi connectivity index (χ2v) is 9.61. The van der Waals surface area contributed by atoms with Crippen LogP contribution in [0.2, 0.25) is 5.02 Å². The summed E-state index contributed by atoms with van der Waals surface area (Å²) >= 11 is 7.63. The lowest BCUT2D eigenvalue weighted by molar-refractivity contribution is 0.616. The number of para-hydroxylation sites is 2. The molecular weight excluding hydrogens is 490 g/mol. The fourth-order valence-corrected chi connectivity index (χ4v) is 4.95. The molecule has 5 nitrogen and oxygen atoms in total. The molecule has 0 fully saturated rings. The Balaban J connectivity index is 1.47. The van der Waals surface area contributed by atoms with Crippen LogP contribution in [0.25, 0.3) is 33.5 Å². The number of fused-ring (bicyclic) bond motifs is 2. The summed E-state index contributed by atoms with van der Waals surface area (Å²) in [5.41, 5.74) is 1.90. The fourth-order valence-electron chi connectivity index (χ4n) is 3.91.